The van der Waals surface area contributed by atoms with E-state index in [1.807, 2.05) is 31.2 Å². The number of allylic oxidation sites excluding steroid dienone is 1. The number of nitrogens with zero attached hydrogens (tertiary/aromatic N) is 2. The van der Waals surface area contributed by atoms with Gasteiger partial charge in [-0.3, -0.25) is 9.69 Å². The molecular formula is C23H24N4O3. The van der Waals surface area contributed by atoms with Crippen molar-refractivity contribution in [2.45, 2.75) is 19.9 Å². The molecule has 2 aromatic rings. The first-order valence-electron chi connectivity index (χ1n) is 9.61. The normalized spacial score (nSPS) is 16.1. The fourth-order valence-corrected chi connectivity index (χ4v) is 3.48. The Morgan fingerprint density at radius 1 is 1.23 bits per heavy atom. The first-order chi connectivity index (χ1) is 14.5. The highest BCUT2D eigenvalue weighted by molar-refractivity contribution is 6.04. The average molecular weight is 404 g/mol. The summed E-state index contributed by atoms with van der Waals surface area (Å²) in [4.78, 5) is 27.6. The quantitative estimate of drug-likeness (QED) is 0.723. The van der Waals surface area contributed by atoms with Gasteiger partial charge in [0.25, 0.3) is 5.91 Å². The smallest absolute Gasteiger partial charge is 0.326 e. The van der Waals surface area contributed by atoms with Gasteiger partial charge in [-0.1, -0.05) is 24.3 Å². The summed E-state index contributed by atoms with van der Waals surface area (Å²) in [5, 5.41) is 14.9. The number of methoxy groups -OCH3 is 1. The number of carbonyl (C=O) groups excluding carboxylic acids is 2. The van der Waals surface area contributed by atoms with Crippen LogP contribution in [0.1, 0.15) is 29.7 Å². The van der Waals surface area contributed by atoms with Crippen molar-refractivity contribution in [1.29, 1.82) is 5.26 Å². The lowest BCUT2D eigenvalue weighted by atomic mass is 9.93. The van der Waals surface area contributed by atoms with Crippen LogP contribution in [0, 0.1) is 18.3 Å². The van der Waals surface area contributed by atoms with E-state index >= 15 is 0 Å². The zero-order valence-corrected chi connectivity index (χ0v) is 17.2. The monoisotopic (exact) mass is 404 g/mol. The summed E-state index contributed by atoms with van der Waals surface area (Å²) >= 11 is 0. The van der Waals surface area contributed by atoms with Gasteiger partial charge in [-0.25, -0.2) is 4.79 Å². The molecule has 154 valence electrons. The van der Waals surface area contributed by atoms with Crippen LogP contribution in [-0.2, 0) is 9.53 Å². The number of benzene rings is 2. The maximum absolute atomic E-state index is 13.1. The number of urea groups is 1. The third kappa shape index (κ3) is 4.34. The van der Waals surface area contributed by atoms with E-state index in [2.05, 4.69) is 16.7 Å². The van der Waals surface area contributed by atoms with Crippen LogP contribution in [0.25, 0.3) is 0 Å². The van der Waals surface area contributed by atoms with Crippen molar-refractivity contribution in [3.05, 3.63) is 76.5 Å². The summed E-state index contributed by atoms with van der Waals surface area (Å²) in [6, 6.07) is 15.5. The van der Waals surface area contributed by atoms with Gasteiger partial charge in [0.05, 0.1) is 35.5 Å². The Morgan fingerprint density at radius 3 is 2.60 bits per heavy atom. The van der Waals surface area contributed by atoms with Crippen molar-refractivity contribution < 1.29 is 14.3 Å². The van der Waals surface area contributed by atoms with Crippen LogP contribution in [0.5, 0.6) is 0 Å². The third-order valence-electron chi connectivity index (χ3n) is 4.95. The number of carbonyl (C=O) groups is 2. The van der Waals surface area contributed by atoms with Crippen molar-refractivity contribution in [2.24, 2.45) is 0 Å². The molecule has 2 aromatic carbocycles. The van der Waals surface area contributed by atoms with Crippen LogP contribution in [0.4, 0.5) is 10.5 Å². The minimum Gasteiger partial charge on any atom is -0.383 e. The van der Waals surface area contributed by atoms with Gasteiger partial charge in [-0.2, -0.15) is 5.26 Å². The summed E-state index contributed by atoms with van der Waals surface area (Å²) in [5.41, 5.74) is 3.92. The molecule has 3 amide bonds. The molecule has 3 rings (SSSR count). The molecule has 1 atom stereocenters. The first kappa shape index (κ1) is 21.1. The molecule has 1 aliphatic rings. The van der Waals surface area contributed by atoms with E-state index in [1.54, 1.807) is 38.3 Å². The molecule has 0 spiro atoms. The Balaban J connectivity index is 2.07. The molecule has 7 heteroatoms. The van der Waals surface area contributed by atoms with Gasteiger partial charge in [-0.15, -0.1) is 0 Å². The number of ether oxygens (including phenoxy) is 1. The zero-order valence-electron chi connectivity index (χ0n) is 17.2. The van der Waals surface area contributed by atoms with Gasteiger partial charge in [0.15, 0.2) is 0 Å². The molecule has 0 saturated carbocycles. The number of rotatable bonds is 6. The Kier molecular flexibility index (Phi) is 6.50. The molecular weight excluding hydrogens is 380 g/mol. The van der Waals surface area contributed by atoms with E-state index < -0.39 is 6.04 Å². The summed E-state index contributed by atoms with van der Waals surface area (Å²) in [6.07, 6.45) is 0. The molecule has 1 unspecified atom stereocenters. The van der Waals surface area contributed by atoms with E-state index in [0.29, 0.717) is 35.7 Å². The fraction of sp³-hybridized carbons (Fsp3) is 0.261. The number of nitrogens with one attached hydrogen (secondary N) is 2. The second-order valence-electron chi connectivity index (χ2n) is 7.04. The molecule has 7 nitrogen and oxygen atoms in total. The molecule has 0 bridgehead atoms. The third-order valence-corrected chi connectivity index (χ3v) is 4.95. The van der Waals surface area contributed by atoms with E-state index in [-0.39, 0.29) is 11.9 Å². The second kappa shape index (κ2) is 9.25. The molecule has 30 heavy (non-hydrogen) atoms. The molecule has 1 heterocycles. The number of anilines is 1. The number of hydrogen-bond acceptors (Lipinski definition) is 4. The predicted molar refractivity (Wildman–Crippen MR) is 114 cm³/mol. The Labute approximate surface area is 175 Å². The van der Waals surface area contributed by atoms with Gasteiger partial charge in [-0.05, 0) is 49.2 Å². The van der Waals surface area contributed by atoms with Crippen LogP contribution < -0.4 is 15.5 Å². The van der Waals surface area contributed by atoms with Crippen molar-refractivity contribution >= 4 is 17.6 Å². The van der Waals surface area contributed by atoms with Crippen LogP contribution in [-0.4, -0.2) is 32.2 Å². The Hall–Kier alpha value is -3.63. The lowest BCUT2D eigenvalue weighted by Gasteiger charge is -2.36. The van der Waals surface area contributed by atoms with Gasteiger partial charge in [0, 0.05) is 19.4 Å². The molecule has 0 radical (unpaired) electrons. The molecule has 0 aromatic heterocycles. The summed E-state index contributed by atoms with van der Waals surface area (Å²) in [7, 11) is 1.57. The molecule has 0 aliphatic carbocycles. The number of hydrogen-bond donors (Lipinski definition) is 2. The fourth-order valence-electron chi connectivity index (χ4n) is 3.48. The highest BCUT2D eigenvalue weighted by Crippen LogP contribution is 2.33. The molecule has 2 N–H and O–H groups in total. The van der Waals surface area contributed by atoms with Crippen molar-refractivity contribution in [2.75, 3.05) is 25.2 Å². The minimum absolute atomic E-state index is 0.281. The highest BCUT2D eigenvalue weighted by atomic mass is 16.5. The zero-order chi connectivity index (χ0) is 21.7. The lowest BCUT2D eigenvalue weighted by molar-refractivity contribution is -0.118. The average Bonchev–Trinajstić information content (AvgIpc) is 2.73. The van der Waals surface area contributed by atoms with Crippen molar-refractivity contribution in [3.63, 3.8) is 0 Å². The van der Waals surface area contributed by atoms with Gasteiger partial charge in [0.1, 0.15) is 0 Å². The van der Waals surface area contributed by atoms with Crippen molar-refractivity contribution in [1.82, 2.24) is 10.6 Å². The van der Waals surface area contributed by atoms with E-state index in [0.717, 1.165) is 11.1 Å². The van der Waals surface area contributed by atoms with E-state index in [9.17, 15) is 9.59 Å². The van der Waals surface area contributed by atoms with Crippen molar-refractivity contribution in [3.8, 4) is 6.07 Å². The van der Waals surface area contributed by atoms with Crippen LogP contribution in [0.3, 0.4) is 0 Å². The Morgan fingerprint density at radius 2 is 1.97 bits per heavy atom. The van der Waals surface area contributed by atoms with E-state index in [1.165, 1.54) is 4.90 Å². The molecule has 0 fully saturated rings. The summed E-state index contributed by atoms with van der Waals surface area (Å²) < 4.78 is 5.02. The lowest BCUT2D eigenvalue weighted by Crippen LogP contribution is -2.49. The SMILES string of the molecule is COCCNC(=O)C1=C(C)N(c2cccc(C)c2)C(=O)NC1c1ccc(C#N)cc1. The maximum atomic E-state index is 13.1. The minimum atomic E-state index is -0.631. The topological polar surface area (TPSA) is 94.5 Å². The first-order valence-corrected chi connectivity index (χ1v) is 9.61. The van der Waals surface area contributed by atoms with Gasteiger partial charge < -0.3 is 15.4 Å². The maximum Gasteiger partial charge on any atom is 0.326 e. The van der Waals surface area contributed by atoms with Gasteiger partial charge >= 0.3 is 6.03 Å². The number of aryl methyl sites for hydroxylation is 1. The number of nitriles is 1. The molecule has 1 aliphatic heterocycles. The number of amides is 3. The van der Waals surface area contributed by atoms with E-state index in [4.69, 9.17) is 10.00 Å². The van der Waals surface area contributed by atoms with Gasteiger partial charge in [0.2, 0.25) is 0 Å². The predicted octanol–water partition coefficient (Wildman–Crippen LogP) is 3.17. The molecule has 0 saturated heterocycles. The Bertz CT molecular complexity index is 1020. The second-order valence-corrected chi connectivity index (χ2v) is 7.04. The standard InChI is InChI=1S/C23H24N4O3/c1-15-5-4-6-19(13-15)27-16(2)20(22(28)25-11-12-30-3)21(26-23(27)29)18-9-7-17(14-24)8-10-18/h4-10,13,21H,11-12H2,1-3H3,(H,25,28)(H,26,29). The van der Waals surface area contributed by atoms with Crippen LogP contribution in [0.2, 0.25) is 0 Å². The van der Waals surface area contributed by atoms with Crippen LogP contribution in [0.15, 0.2) is 59.8 Å². The summed E-state index contributed by atoms with van der Waals surface area (Å²) in [6.45, 7) is 4.45. The highest BCUT2D eigenvalue weighted by Gasteiger charge is 2.36. The summed E-state index contributed by atoms with van der Waals surface area (Å²) in [5.74, 6) is -0.281. The largest absolute Gasteiger partial charge is 0.383 e. The van der Waals surface area contributed by atoms with Crippen LogP contribution >= 0.6 is 0 Å².